The van der Waals surface area contributed by atoms with Gasteiger partial charge in [0.2, 0.25) is 0 Å². The standard InChI is InChI=1S/C54H54N2O9S2/c1-38(2)51(57)61-33-31-56-53(59)65-44(37-67-46-16-8-5-9-17-46)35-63-42-28-24-40(25-29-42)54(49-20-12-10-18-47(49)48-19-11-13-21-50(48)54)39-22-26-41(27-23-39)62-34-43(64-52(58)55-30-32-60-3)36-66-45-14-6-4-7-15-45/h4-29,43-44H,1,30-37H2,2-3H3,(H,55,58)(H,56,59). The third kappa shape index (κ3) is 12.8. The van der Waals surface area contributed by atoms with E-state index in [0.717, 1.165) is 43.2 Å². The van der Waals surface area contributed by atoms with Gasteiger partial charge in [0.15, 0.2) is 0 Å². The van der Waals surface area contributed by atoms with Crippen LogP contribution in [0.1, 0.15) is 29.2 Å². The Labute approximate surface area is 400 Å². The summed E-state index contributed by atoms with van der Waals surface area (Å²) in [5.41, 5.74) is 6.29. The number of fused-ring (bicyclic) bond motifs is 3. The lowest BCUT2D eigenvalue weighted by molar-refractivity contribution is -0.138. The van der Waals surface area contributed by atoms with Crippen LogP contribution in [-0.4, -0.2) is 88.5 Å². The summed E-state index contributed by atoms with van der Waals surface area (Å²) in [4.78, 5) is 39.4. The first-order valence-corrected chi connectivity index (χ1v) is 23.9. The molecule has 2 unspecified atom stereocenters. The van der Waals surface area contributed by atoms with Gasteiger partial charge in [-0.05, 0) is 88.8 Å². The predicted molar refractivity (Wildman–Crippen MR) is 263 cm³/mol. The van der Waals surface area contributed by atoms with Crippen molar-refractivity contribution in [3.05, 3.63) is 192 Å². The zero-order chi connectivity index (χ0) is 46.9. The van der Waals surface area contributed by atoms with Crippen LogP contribution in [0.4, 0.5) is 9.59 Å². The van der Waals surface area contributed by atoms with Crippen LogP contribution >= 0.6 is 23.5 Å². The quantitative estimate of drug-likeness (QED) is 0.0209. The van der Waals surface area contributed by atoms with Crippen molar-refractivity contribution >= 4 is 41.7 Å². The van der Waals surface area contributed by atoms with Crippen molar-refractivity contribution < 1.29 is 42.8 Å². The molecule has 0 spiro atoms. The zero-order valence-electron chi connectivity index (χ0n) is 37.5. The molecule has 2 amide bonds. The van der Waals surface area contributed by atoms with Crippen LogP contribution in [0, 0.1) is 0 Å². The van der Waals surface area contributed by atoms with Gasteiger partial charge in [-0.3, -0.25) is 0 Å². The Hall–Kier alpha value is -6.67. The summed E-state index contributed by atoms with van der Waals surface area (Å²) < 4.78 is 34.5. The maximum atomic E-state index is 12.9. The lowest BCUT2D eigenvalue weighted by Gasteiger charge is -2.34. The molecule has 11 nitrogen and oxygen atoms in total. The van der Waals surface area contributed by atoms with Gasteiger partial charge in [-0.15, -0.1) is 23.5 Å². The lowest BCUT2D eigenvalue weighted by atomic mass is 9.68. The third-order valence-electron chi connectivity index (χ3n) is 10.8. The number of thioether (sulfide) groups is 2. The highest BCUT2D eigenvalue weighted by Gasteiger charge is 2.46. The van der Waals surface area contributed by atoms with E-state index in [4.69, 9.17) is 28.4 Å². The molecule has 6 aromatic rings. The van der Waals surface area contributed by atoms with Crippen molar-refractivity contribution in [3.63, 3.8) is 0 Å². The monoisotopic (exact) mass is 938 g/mol. The van der Waals surface area contributed by atoms with E-state index in [1.165, 1.54) is 0 Å². The molecule has 1 aliphatic carbocycles. The minimum atomic E-state index is -0.683. The summed E-state index contributed by atoms with van der Waals surface area (Å²) in [6, 6.07) is 53.1. The van der Waals surface area contributed by atoms with Crippen LogP contribution in [-0.2, 0) is 29.2 Å². The molecule has 0 aromatic heterocycles. The number of methoxy groups -OCH3 is 1. The van der Waals surface area contributed by atoms with Crippen molar-refractivity contribution in [1.29, 1.82) is 0 Å². The molecule has 7 rings (SSSR count). The molecule has 0 saturated heterocycles. The second-order valence-corrected chi connectivity index (χ2v) is 17.8. The molecule has 2 N–H and O–H groups in total. The summed E-state index contributed by atoms with van der Waals surface area (Å²) >= 11 is 3.15. The van der Waals surface area contributed by atoms with Gasteiger partial charge in [-0.2, -0.15) is 0 Å². The predicted octanol–water partition coefficient (Wildman–Crippen LogP) is 10.3. The molecule has 2 atom stereocenters. The maximum absolute atomic E-state index is 12.9. The Bertz CT molecular complexity index is 2510. The van der Waals surface area contributed by atoms with E-state index in [1.54, 1.807) is 37.6 Å². The fourth-order valence-corrected chi connectivity index (χ4v) is 9.49. The molecular weight excluding hydrogens is 885 g/mol. The third-order valence-corrected chi connectivity index (χ3v) is 13.1. The van der Waals surface area contributed by atoms with Crippen molar-refractivity contribution in [2.45, 2.75) is 34.3 Å². The van der Waals surface area contributed by atoms with Crippen LogP contribution in [0.25, 0.3) is 11.1 Å². The number of benzene rings is 6. The number of ether oxygens (including phenoxy) is 6. The molecule has 0 fully saturated rings. The van der Waals surface area contributed by atoms with Gasteiger partial charge in [0.25, 0.3) is 0 Å². The van der Waals surface area contributed by atoms with Crippen LogP contribution in [0.15, 0.2) is 180 Å². The normalized spacial score (nSPS) is 12.9. The molecular formula is C54H54N2O9S2. The summed E-state index contributed by atoms with van der Waals surface area (Å²) in [6.07, 6.45) is -2.30. The highest BCUT2D eigenvalue weighted by Crippen LogP contribution is 2.56. The van der Waals surface area contributed by atoms with E-state index in [1.807, 2.05) is 84.9 Å². The molecule has 0 saturated carbocycles. The number of carbonyl (C=O) groups excluding carboxylic acids is 3. The highest BCUT2D eigenvalue weighted by atomic mass is 32.2. The smallest absolute Gasteiger partial charge is 0.407 e. The number of esters is 1. The summed E-state index contributed by atoms with van der Waals surface area (Å²) in [5, 5.41) is 5.39. The van der Waals surface area contributed by atoms with Crippen molar-refractivity contribution in [3.8, 4) is 22.6 Å². The first kappa shape index (κ1) is 48.3. The fraction of sp³-hybridized carbons (Fsp3) is 0.241. The van der Waals surface area contributed by atoms with Crippen LogP contribution in [0.2, 0.25) is 0 Å². The molecule has 13 heteroatoms. The minimum Gasteiger partial charge on any atom is -0.490 e. The number of hydrogen-bond acceptors (Lipinski definition) is 11. The number of carbonyl (C=O) groups is 3. The Balaban J connectivity index is 1.09. The number of rotatable bonds is 23. The first-order chi connectivity index (χ1) is 32.7. The summed E-state index contributed by atoms with van der Waals surface area (Å²) in [5.74, 6) is 1.68. The molecule has 6 aromatic carbocycles. The number of hydrogen-bond donors (Lipinski definition) is 2. The van der Waals surface area contributed by atoms with Crippen molar-refractivity contribution in [2.75, 3.05) is 58.1 Å². The molecule has 0 heterocycles. The number of nitrogens with one attached hydrogen (secondary N) is 2. The maximum Gasteiger partial charge on any atom is 0.407 e. The zero-order valence-corrected chi connectivity index (χ0v) is 39.2. The lowest BCUT2D eigenvalue weighted by Crippen LogP contribution is -2.35. The van der Waals surface area contributed by atoms with Crippen molar-refractivity contribution in [1.82, 2.24) is 10.6 Å². The number of alkyl carbamates (subject to hydrolysis) is 2. The Morgan fingerprint density at radius 3 is 1.42 bits per heavy atom. The van der Waals surface area contributed by atoms with Gasteiger partial charge >= 0.3 is 18.2 Å². The van der Waals surface area contributed by atoms with E-state index < -0.39 is 35.8 Å². The molecule has 0 bridgehead atoms. The van der Waals surface area contributed by atoms with Crippen molar-refractivity contribution in [2.24, 2.45) is 0 Å². The van der Waals surface area contributed by atoms with E-state index in [0.29, 0.717) is 36.2 Å². The topological polar surface area (TPSA) is 131 Å². The van der Waals surface area contributed by atoms with Gasteiger partial charge in [0.1, 0.15) is 43.5 Å². The summed E-state index contributed by atoms with van der Waals surface area (Å²) in [7, 11) is 1.58. The van der Waals surface area contributed by atoms with Crippen LogP contribution < -0.4 is 20.1 Å². The van der Waals surface area contributed by atoms with E-state index in [2.05, 4.69) is 90.0 Å². The van der Waals surface area contributed by atoms with Crippen LogP contribution in [0.3, 0.4) is 0 Å². The van der Waals surface area contributed by atoms with Gasteiger partial charge in [0, 0.05) is 40.5 Å². The first-order valence-electron chi connectivity index (χ1n) is 22.0. The van der Waals surface area contributed by atoms with Gasteiger partial charge in [0.05, 0.1) is 18.6 Å². The molecule has 0 aliphatic heterocycles. The van der Waals surface area contributed by atoms with Gasteiger partial charge in [-0.1, -0.05) is 116 Å². The molecule has 0 radical (unpaired) electrons. The minimum absolute atomic E-state index is 0.0102. The molecule has 346 valence electrons. The van der Waals surface area contributed by atoms with Crippen LogP contribution in [0.5, 0.6) is 11.5 Å². The molecule has 67 heavy (non-hydrogen) atoms. The second-order valence-electron chi connectivity index (χ2n) is 15.6. The largest absolute Gasteiger partial charge is 0.490 e. The van der Waals surface area contributed by atoms with E-state index in [9.17, 15) is 14.4 Å². The summed E-state index contributed by atoms with van der Waals surface area (Å²) in [6.45, 7) is 6.18. The van der Waals surface area contributed by atoms with E-state index >= 15 is 0 Å². The fourth-order valence-electron chi connectivity index (χ4n) is 7.71. The Morgan fingerprint density at radius 2 is 0.985 bits per heavy atom. The second kappa shape index (κ2) is 24.2. The highest BCUT2D eigenvalue weighted by molar-refractivity contribution is 7.99. The van der Waals surface area contributed by atoms with E-state index in [-0.39, 0.29) is 31.9 Å². The average molecular weight is 939 g/mol. The Kier molecular flexibility index (Phi) is 17.4. The number of amides is 2. The van der Waals surface area contributed by atoms with Gasteiger partial charge < -0.3 is 39.1 Å². The molecule has 1 aliphatic rings. The Morgan fingerprint density at radius 1 is 0.567 bits per heavy atom. The average Bonchev–Trinajstić information content (AvgIpc) is 3.66. The SMILES string of the molecule is C=C(C)C(=O)OCCNC(=O)OC(COc1ccc(C2(c3ccc(OCC(CSc4ccccc4)OC(=O)NCCOC)cc3)c3ccccc3-c3ccccc32)cc1)CSc1ccccc1. The van der Waals surface area contributed by atoms with Gasteiger partial charge in [-0.25, -0.2) is 14.4 Å².